The van der Waals surface area contributed by atoms with Crippen molar-refractivity contribution in [3.05, 3.63) is 77.4 Å². The largest absolute Gasteiger partial charge is 0.330 e. The minimum Gasteiger partial charge on any atom is -0.330 e. The van der Waals surface area contributed by atoms with Crippen LogP contribution in [0.15, 0.2) is 54.6 Å². The fourth-order valence-electron chi connectivity index (χ4n) is 2.58. The monoisotopic (exact) mass is 356 g/mol. The Morgan fingerprint density at radius 1 is 1.00 bits per heavy atom. The maximum atomic E-state index is 13.6. The molecular weight excluding hydrogens is 342 g/mol. The lowest BCUT2D eigenvalue weighted by molar-refractivity contribution is 0.0979. The lowest BCUT2D eigenvalue weighted by Crippen LogP contribution is -2.34. The molecule has 0 radical (unpaired) electrons. The fraction of sp³-hybridized carbons (Fsp3) is 0.0526. The standard InChI is InChI=1S/C19H14F2N2OS/c1-11-4-2-6-14-13(11)5-3-7-15(14)18(24)23-19(25)22-17-9-8-12(20)10-16(17)21/h2-10H,1H3,(H2,22,23,24,25). The second-order valence-electron chi connectivity index (χ2n) is 5.51. The summed E-state index contributed by atoms with van der Waals surface area (Å²) in [5, 5.41) is 6.78. The zero-order valence-electron chi connectivity index (χ0n) is 13.3. The minimum absolute atomic E-state index is 0.0135. The number of hydrogen-bond acceptors (Lipinski definition) is 2. The summed E-state index contributed by atoms with van der Waals surface area (Å²) in [6.45, 7) is 1.97. The number of anilines is 1. The van der Waals surface area contributed by atoms with Crippen LogP contribution in [0.5, 0.6) is 0 Å². The molecule has 6 heteroatoms. The van der Waals surface area contributed by atoms with E-state index in [1.807, 2.05) is 31.2 Å². The molecule has 0 aliphatic heterocycles. The van der Waals surface area contributed by atoms with Gasteiger partial charge in [0.15, 0.2) is 5.11 Å². The molecule has 3 nitrogen and oxygen atoms in total. The molecule has 0 aliphatic rings. The Balaban J connectivity index is 1.80. The average molecular weight is 356 g/mol. The van der Waals surface area contributed by atoms with Gasteiger partial charge in [0.05, 0.1) is 5.69 Å². The quantitative estimate of drug-likeness (QED) is 0.662. The summed E-state index contributed by atoms with van der Waals surface area (Å²) in [4.78, 5) is 12.5. The highest BCUT2D eigenvalue weighted by molar-refractivity contribution is 7.80. The van der Waals surface area contributed by atoms with Gasteiger partial charge in [-0.05, 0) is 53.7 Å². The normalized spacial score (nSPS) is 10.5. The number of rotatable bonds is 2. The first-order valence-electron chi connectivity index (χ1n) is 7.51. The molecule has 0 saturated heterocycles. The summed E-state index contributed by atoms with van der Waals surface area (Å²) < 4.78 is 26.6. The summed E-state index contributed by atoms with van der Waals surface area (Å²) in [5.74, 6) is -1.89. The second kappa shape index (κ2) is 6.94. The molecule has 2 N–H and O–H groups in total. The topological polar surface area (TPSA) is 41.1 Å². The van der Waals surface area contributed by atoms with Crippen molar-refractivity contribution >= 4 is 39.7 Å². The molecule has 3 rings (SSSR count). The van der Waals surface area contributed by atoms with Gasteiger partial charge in [-0.3, -0.25) is 10.1 Å². The number of hydrogen-bond donors (Lipinski definition) is 2. The first-order valence-corrected chi connectivity index (χ1v) is 7.92. The van der Waals surface area contributed by atoms with E-state index in [1.165, 1.54) is 6.07 Å². The van der Waals surface area contributed by atoms with Crippen LogP contribution in [0.4, 0.5) is 14.5 Å². The summed E-state index contributed by atoms with van der Waals surface area (Å²) in [7, 11) is 0. The van der Waals surface area contributed by atoms with Gasteiger partial charge < -0.3 is 5.32 Å². The SMILES string of the molecule is Cc1cccc2c(C(=O)NC(=S)Nc3ccc(F)cc3F)cccc12. The van der Waals surface area contributed by atoms with Crippen molar-refractivity contribution in [2.24, 2.45) is 0 Å². The van der Waals surface area contributed by atoms with Gasteiger partial charge in [0.25, 0.3) is 5.91 Å². The highest BCUT2D eigenvalue weighted by Gasteiger charge is 2.13. The lowest BCUT2D eigenvalue weighted by atomic mass is 10.0. The van der Waals surface area contributed by atoms with Gasteiger partial charge in [0, 0.05) is 11.6 Å². The first-order chi connectivity index (χ1) is 12.0. The van der Waals surface area contributed by atoms with Gasteiger partial charge in [-0.15, -0.1) is 0 Å². The molecule has 3 aromatic rings. The third-order valence-corrected chi connectivity index (χ3v) is 4.00. The summed E-state index contributed by atoms with van der Waals surface area (Å²) in [6.07, 6.45) is 0. The van der Waals surface area contributed by atoms with Crippen LogP contribution in [-0.4, -0.2) is 11.0 Å². The Morgan fingerprint density at radius 2 is 1.72 bits per heavy atom. The predicted molar refractivity (Wildman–Crippen MR) is 98.7 cm³/mol. The van der Waals surface area contributed by atoms with E-state index >= 15 is 0 Å². The Kier molecular flexibility index (Phi) is 4.72. The second-order valence-corrected chi connectivity index (χ2v) is 5.92. The molecule has 0 bridgehead atoms. The van der Waals surface area contributed by atoms with E-state index in [0.29, 0.717) is 5.56 Å². The van der Waals surface area contributed by atoms with Crippen molar-refractivity contribution in [3.8, 4) is 0 Å². The zero-order valence-corrected chi connectivity index (χ0v) is 14.1. The van der Waals surface area contributed by atoms with Crippen LogP contribution < -0.4 is 10.6 Å². The average Bonchev–Trinajstić information content (AvgIpc) is 2.57. The van der Waals surface area contributed by atoms with E-state index in [4.69, 9.17) is 12.2 Å². The number of halogens is 2. The van der Waals surface area contributed by atoms with Crippen LogP contribution in [-0.2, 0) is 0 Å². The molecule has 0 heterocycles. The van der Waals surface area contributed by atoms with Crippen molar-refractivity contribution in [3.63, 3.8) is 0 Å². The van der Waals surface area contributed by atoms with Crippen molar-refractivity contribution in [2.75, 3.05) is 5.32 Å². The Bertz CT molecular complexity index is 988. The van der Waals surface area contributed by atoms with Gasteiger partial charge in [0.2, 0.25) is 0 Å². The van der Waals surface area contributed by atoms with Crippen LogP contribution in [0.25, 0.3) is 10.8 Å². The molecular formula is C19H14F2N2OS. The Hall–Kier alpha value is -2.86. The van der Waals surface area contributed by atoms with E-state index < -0.39 is 17.5 Å². The number of aryl methyl sites for hydroxylation is 1. The fourth-order valence-corrected chi connectivity index (χ4v) is 2.78. The smallest absolute Gasteiger partial charge is 0.258 e. The third kappa shape index (κ3) is 3.64. The number of amides is 1. The number of fused-ring (bicyclic) bond motifs is 1. The Labute approximate surface area is 148 Å². The maximum absolute atomic E-state index is 13.6. The van der Waals surface area contributed by atoms with Crippen LogP contribution in [0.1, 0.15) is 15.9 Å². The van der Waals surface area contributed by atoms with Gasteiger partial charge >= 0.3 is 0 Å². The van der Waals surface area contributed by atoms with Gasteiger partial charge in [-0.1, -0.05) is 30.3 Å². The van der Waals surface area contributed by atoms with Crippen LogP contribution >= 0.6 is 12.2 Å². The first kappa shape index (κ1) is 17.0. The van der Waals surface area contributed by atoms with Gasteiger partial charge in [-0.2, -0.15) is 0 Å². The van der Waals surface area contributed by atoms with Crippen LogP contribution in [0, 0.1) is 18.6 Å². The number of nitrogens with one attached hydrogen (secondary N) is 2. The van der Waals surface area contributed by atoms with Crippen molar-refractivity contribution in [1.82, 2.24) is 5.32 Å². The molecule has 0 atom stereocenters. The summed E-state index contributed by atoms with van der Waals surface area (Å²) in [5.41, 5.74) is 1.51. The van der Waals surface area contributed by atoms with E-state index in [-0.39, 0.29) is 10.8 Å². The molecule has 25 heavy (non-hydrogen) atoms. The molecule has 1 amide bonds. The lowest BCUT2D eigenvalue weighted by Gasteiger charge is -2.12. The zero-order chi connectivity index (χ0) is 18.0. The third-order valence-electron chi connectivity index (χ3n) is 3.79. The molecule has 0 aromatic heterocycles. The number of carbonyl (C=O) groups excluding carboxylic acids is 1. The van der Waals surface area contributed by atoms with E-state index in [1.54, 1.807) is 12.1 Å². The van der Waals surface area contributed by atoms with Crippen molar-refractivity contribution in [2.45, 2.75) is 6.92 Å². The molecule has 3 aromatic carbocycles. The van der Waals surface area contributed by atoms with E-state index in [9.17, 15) is 13.6 Å². The summed E-state index contributed by atoms with van der Waals surface area (Å²) >= 11 is 5.05. The Morgan fingerprint density at radius 3 is 2.48 bits per heavy atom. The summed E-state index contributed by atoms with van der Waals surface area (Å²) in [6, 6.07) is 14.2. The maximum Gasteiger partial charge on any atom is 0.258 e. The molecule has 126 valence electrons. The number of thiocarbonyl (C=S) groups is 1. The number of carbonyl (C=O) groups is 1. The van der Waals surface area contributed by atoms with E-state index in [0.717, 1.165) is 28.5 Å². The molecule has 0 unspecified atom stereocenters. The molecule has 0 spiro atoms. The molecule has 0 fully saturated rings. The van der Waals surface area contributed by atoms with Crippen LogP contribution in [0.2, 0.25) is 0 Å². The highest BCUT2D eigenvalue weighted by atomic mass is 32.1. The van der Waals surface area contributed by atoms with Crippen LogP contribution in [0.3, 0.4) is 0 Å². The van der Waals surface area contributed by atoms with E-state index in [2.05, 4.69) is 10.6 Å². The van der Waals surface area contributed by atoms with Crippen molar-refractivity contribution in [1.29, 1.82) is 0 Å². The molecule has 0 saturated carbocycles. The number of benzene rings is 3. The van der Waals surface area contributed by atoms with Gasteiger partial charge in [-0.25, -0.2) is 8.78 Å². The van der Waals surface area contributed by atoms with Gasteiger partial charge in [0.1, 0.15) is 11.6 Å². The predicted octanol–water partition coefficient (Wildman–Crippen LogP) is 4.55. The molecule has 0 aliphatic carbocycles. The highest BCUT2D eigenvalue weighted by Crippen LogP contribution is 2.22. The van der Waals surface area contributed by atoms with Crippen molar-refractivity contribution < 1.29 is 13.6 Å². The minimum atomic E-state index is -0.794.